The molecule has 0 amide bonds. The molecule has 0 fully saturated rings. The summed E-state index contributed by atoms with van der Waals surface area (Å²) in [5.74, 6) is 0. The molecule has 0 rings (SSSR count). The molecule has 0 bridgehead atoms. The molecule has 0 aliphatic rings. The van der Waals surface area contributed by atoms with E-state index < -0.39 is 8.60 Å². The first-order valence-electron chi connectivity index (χ1n) is 0.600. The van der Waals surface area contributed by atoms with Crippen molar-refractivity contribution in [2.75, 3.05) is 0 Å². The number of hydrogen-bond donors (Lipinski definition) is 3. The van der Waals surface area contributed by atoms with Crippen LogP contribution in [0.4, 0.5) is 0 Å². The minimum absolute atomic E-state index is 0. The zero-order valence-electron chi connectivity index (χ0n) is 2.50. The first-order chi connectivity index (χ1) is 1.73. The van der Waals surface area contributed by atoms with E-state index >= 15 is 0 Å². The van der Waals surface area contributed by atoms with Crippen molar-refractivity contribution in [2.45, 2.75) is 0 Å². The van der Waals surface area contributed by atoms with Crippen molar-refractivity contribution in [3.63, 3.8) is 0 Å². The molecule has 0 aromatic heterocycles. The molecule has 1 unspecified atom stereocenters. The normalized spacial score (nSPS) is 7.20. The maximum atomic E-state index is 7.23. The average molecular weight is 160 g/mol. The van der Waals surface area contributed by atoms with Gasteiger partial charge in [-0.25, -0.2) is 0 Å². The number of rotatable bonds is 0. The third-order valence-corrected chi connectivity index (χ3v) is 0. The second kappa shape index (κ2) is 4.87. The van der Waals surface area contributed by atoms with Gasteiger partial charge in [0.2, 0.25) is 0 Å². The van der Waals surface area contributed by atoms with Crippen LogP contribution in [-0.2, 0) is 0 Å². The molecule has 0 aliphatic heterocycles. The van der Waals surface area contributed by atoms with Crippen LogP contribution in [0.2, 0.25) is 0 Å². The molecule has 5 heavy (non-hydrogen) atoms. The zero-order valence-corrected chi connectivity index (χ0v) is 6.36. The van der Waals surface area contributed by atoms with Gasteiger partial charge >= 0.3 is 26.6 Å². The van der Waals surface area contributed by atoms with Crippen molar-refractivity contribution in [3.05, 3.63) is 0 Å². The van der Waals surface area contributed by atoms with E-state index in [1.54, 1.807) is 0 Å². The summed E-state index contributed by atoms with van der Waals surface area (Å²) in [4.78, 5) is 21.7. The van der Waals surface area contributed by atoms with Crippen LogP contribution in [0.3, 0.4) is 0 Å². The first-order valence-corrected chi connectivity index (χ1v) is 1.80. The predicted molar refractivity (Wildman–Crippen MR) is 23.5 cm³/mol. The zero-order chi connectivity index (χ0) is 3.58. The number of hydrogen-bond acceptors (Lipinski definition) is 3. The van der Waals surface area contributed by atoms with E-state index in [0.29, 0.717) is 0 Å². The second-order valence-electron chi connectivity index (χ2n) is 0.268. The van der Waals surface area contributed by atoms with Crippen LogP contribution in [0, 0.1) is 0 Å². The molecule has 5 heteroatoms. The van der Waals surface area contributed by atoms with Gasteiger partial charge < -0.3 is 14.7 Å². The fourth-order valence-electron chi connectivity index (χ4n) is 0. The molecule has 0 saturated heterocycles. The van der Waals surface area contributed by atoms with Crippen LogP contribution >= 0.6 is 8.60 Å². The third-order valence-electron chi connectivity index (χ3n) is 0. The Morgan fingerprint density at radius 3 is 1.00 bits per heavy atom. The molecule has 3 N–H and O–H groups in total. The Hall–Kier alpha value is 0.868. The Labute approximate surface area is 42.0 Å². The summed E-state index contributed by atoms with van der Waals surface area (Å²) >= 11 is 0. The van der Waals surface area contributed by atoms with Crippen LogP contribution in [-0.4, -0.2) is 32.6 Å². The van der Waals surface area contributed by atoms with Crippen LogP contribution in [0.25, 0.3) is 0 Å². The Bertz CT molecular complexity index is 11.6. The van der Waals surface area contributed by atoms with Crippen molar-refractivity contribution < 1.29 is 14.7 Å². The van der Waals surface area contributed by atoms with E-state index in [2.05, 4.69) is 0 Å². The topological polar surface area (TPSA) is 60.7 Å². The monoisotopic (exact) mass is 160 g/mol. The van der Waals surface area contributed by atoms with Gasteiger partial charge in [0, 0.05) is 0 Å². The van der Waals surface area contributed by atoms with Crippen LogP contribution < -0.4 is 0 Å². The molecular formula is H6AsO3P. The second-order valence-corrected chi connectivity index (χ2v) is 0.805. The maximum absolute atomic E-state index is 7.23. The fraction of sp³-hybridized carbons (Fsp3) is 0. The molecule has 0 heterocycles. The van der Waals surface area contributed by atoms with Gasteiger partial charge in [-0.1, -0.05) is 0 Å². The summed E-state index contributed by atoms with van der Waals surface area (Å²) in [6.07, 6.45) is 0. The van der Waals surface area contributed by atoms with Gasteiger partial charge in [0.15, 0.2) is 0 Å². The van der Waals surface area contributed by atoms with Crippen molar-refractivity contribution in [1.29, 1.82) is 0 Å². The SMILES string of the molecule is OP(O)O.[AsH3]. The summed E-state index contributed by atoms with van der Waals surface area (Å²) in [7, 11) is -2.62. The molecule has 3 nitrogen and oxygen atoms in total. The van der Waals surface area contributed by atoms with Gasteiger partial charge in [0.1, 0.15) is 0 Å². The summed E-state index contributed by atoms with van der Waals surface area (Å²) in [6, 6.07) is 0. The van der Waals surface area contributed by atoms with Crippen LogP contribution in [0.15, 0.2) is 0 Å². The quantitative estimate of drug-likeness (QED) is 0.284. The first kappa shape index (κ1) is 9.29. The van der Waals surface area contributed by atoms with Crippen molar-refractivity contribution in [3.8, 4) is 0 Å². The fourth-order valence-corrected chi connectivity index (χ4v) is 0. The summed E-state index contributed by atoms with van der Waals surface area (Å²) < 4.78 is 0. The van der Waals surface area contributed by atoms with Gasteiger partial charge in [-0.3, -0.25) is 0 Å². The van der Waals surface area contributed by atoms with Crippen molar-refractivity contribution >= 4 is 26.6 Å². The van der Waals surface area contributed by atoms with Crippen LogP contribution in [0.5, 0.6) is 0 Å². The molecule has 0 aromatic rings. The molecule has 0 radical (unpaired) electrons. The molecule has 0 aliphatic carbocycles. The minimum atomic E-state index is -2.62. The van der Waals surface area contributed by atoms with E-state index in [-0.39, 0.29) is 18.0 Å². The Morgan fingerprint density at radius 2 is 1.00 bits per heavy atom. The van der Waals surface area contributed by atoms with E-state index in [9.17, 15) is 0 Å². The van der Waals surface area contributed by atoms with Crippen LogP contribution in [0.1, 0.15) is 0 Å². The Balaban J connectivity index is 0. The molecular weight excluding hydrogens is 154 g/mol. The summed E-state index contributed by atoms with van der Waals surface area (Å²) in [6.45, 7) is 0. The Morgan fingerprint density at radius 1 is 1.00 bits per heavy atom. The molecule has 0 aromatic carbocycles. The van der Waals surface area contributed by atoms with E-state index in [1.807, 2.05) is 0 Å². The van der Waals surface area contributed by atoms with Gasteiger partial charge in [0.25, 0.3) is 0 Å². The van der Waals surface area contributed by atoms with Crippen molar-refractivity contribution in [2.24, 2.45) is 0 Å². The predicted octanol–water partition coefficient (Wildman–Crippen LogP) is -1.99. The van der Waals surface area contributed by atoms with E-state index in [0.717, 1.165) is 0 Å². The summed E-state index contributed by atoms with van der Waals surface area (Å²) in [5.41, 5.74) is 0. The van der Waals surface area contributed by atoms with Gasteiger partial charge in [-0.15, -0.1) is 0 Å². The van der Waals surface area contributed by atoms with Gasteiger partial charge in [0.05, 0.1) is 0 Å². The van der Waals surface area contributed by atoms with E-state index in [4.69, 9.17) is 14.7 Å². The Kier molecular flexibility index (Phi) is 9.05. The third kappa shape index (κ3) is 53.1. The average Bonchev–Trinajstić information content (AvgIpc) is 0.811. The molecule has 34 valence electrons. The molecule has 0 saturated carbocycles. The molecule has 1 atom stereocenters. The van der Waals surface area contributed by atoms with Gasteiger partial charge in [-0.05, 0) is 0 Å². The van der Waals surface area contributed by atoms with Gasteiger partial charge in [-0.2, -0.15) is 0 Å². The van der Waals surface area contributed by atoms with Crippen molar-refractivity contribution in [1.82, 2.24) is 0 Å². The van der Waals surface area contributed by atoms with E-state index in [1.165, 1.54) is 0 Å². The standard InChI is InChI=1S/AsH3.H3O3P/c;1-4(2)3/h1H3;1-3H. The molecule has 0 spiro atoms. The summed E-state index contributed by atoms with van der Waals surface area (Å²) in [5, 5.41) is 0.